The second-order valence-corrected chi connectivity index (χ2v) is 9.69. The van der Waals surface area contributed by atoms with Gasteiger partial charge < -0.3 is 0 Å². The van der Waals surface area contributed by atoms with E-state index in [9.17, 15) is 0 Å². The van der Waals surface area contributed by atoms with Crippen molar-refractivity contribution in [1.82, 2.24) is 0 Å². The molecule has 3 aliphatic rings. The minimum absolute atomic E-state index is 1.09. The first-order valence-electron chi connectivity index (χ1n) is 11.9. The van der Waals surface area contributed by atoms with E-state index >= 15 is 0 Å². The molecule has 3 aliphatic carbocycles. The lowest BCUT2D eigenvalue weighted by molar-refractivity contribution is 0.124. The van der Waals surface area contributed by atoms with E-state index in [1.807, 2.05) is 0 Å². The molecule has 0 amide bonds. The Hall–Kier alpha value is 0. The van der Waals surface area contributed by atoms with E-state index < -0.39 is 0 Å². The Morgan fingerprint density at radius 3 is 1.75 bits per heavy atom. The molecule has 3 unspecified atom stereocenters. The molecule has 0 aromatic rings. The van der Waals surface area contributed by atoms with Gasteiger partial charge in [-0.25, -0.2) is 0 Å². The summed E-state index contributed by atoms with van der Waals surface area (Å²) >= 11 is 0. The molecule has 140 valence electrons. The maximum atomic E-state index is 1.60. The molecule has 0 aliphatic heterocycles. The lowest BCUT2D eigenvalue weighted by atomic mass is 9.67. The minimum Gasteiger partial charge on any atom is -0.0533 e. The molecule has 0 nitrogen and oxygen atoms in total. The summed E-state index contributed by atoms with van der Waals surface area (Å²) in [4.78, 5) is 0. The third-order valence-electron chi connectivity index (χ3n) is 7.85. The van der Waals surface area contributed by atoms with Crippen molar-refractivity contribution in [2.24, 2.45) is 23.7 Å². The van der Waals surface area contributed by atoms with Crippen LogP contribution in [0.1, 0.15) is 128 Å². The molecule has 0 aromatic heterocycles. The fraction of sp³-hybridized carbons (Fsp3) is 1.00. The van der Waals surface area contributed by atoms with E-state index in [4.69, 9.17) is 0 Å². The summed E-state index contributed by atoms with van der Waals surface area (Å²) in [5.41, 5.74) is 0. The van der Waals surface area contributed by atoms with Gasteiger partial charge in [0.05, 0.1) is 0 Å². The highest BCUT2D eigenvalue weighted by atomic mass is 14.4. The Labute approximate surface area is 152 Å². The first kappa shape index (κ1) is 18.8. The van der Waals surface area contributed by atoms with Gasteiger partial charge in [0.1, 0.15) is 0 Å². The standard InChI is InChI=1S/C24H44/c1-2-6-12-21(13-7-3-1)14-8-4-5-9-15-22-18-19-23-16-10-11-17-24(23)20-22/h21-24H,1-20H2. The van der Waals surface area contributed by atoms with Gasteiger partial charge in [0.15, 0.2) is 0 Å². The molecule has 3 atom stereocenters. The van der Waals surface area contributed by atoms with Gasteiger partial charge in [0, 0.05) is 0 Å². The van der Waals surface area contributed by atoms with Crippen LogP contribution in [-0.4, -0.2) is 0 Å². The van der Waals surface area contributed by atoms with Crippen LogP contribution in [0.15, 0.2) is 0 Å². The Kier molecular flexibility index (Phi) is 8.51. The number of fused-ring (bicyclic) bond motifs is 1. The molecule has 0 spiro atoms. The zero-order valence-corrected chi connectivity index (χ0v) is 16.5. The maximum absolute atomic E-state index is 1.60. The third-order valence-corrected chi connectivity index (χ3v) is 7.85. The highest BCUT2D eigenvalue weighted by molar-refractivity contribution is 4.83. The molecular formula is C24H44. The van der Waals surface area contributed by atoms with Crippen molar-refractivity contribution in [3.05, 3.63) is 0 Å². The second kappa shape index (κ2) is 10.9. The smallest absolute Gasteiger partial charge is 0.0383 e. The largest absolute Gasteiger partial charge is 0.0533 e. The molecule has 0 bridgehead atoms. The molecule has 3 saturated carbocycles. The van der Waals surface area contributed by atoms with E-state index in [2.05, 4.69) is 0 Å². The van der Waals surface area contributed by atoms with Gasteiger partial charge in [0.2, 0.25) is 0 Å². The Bertz CT molecular complexity index is 312. The van der Waals surface area contributed by atoms with Gasteiger partial charge in [-0.3, -0.25) is 0 Å². The predicted octanol–water partition coefficient (Wildman–Crippen LogP) is 8.29. The normalized spacial score (nSPS) is 32.8. The summed E-state index contributed by atoms with van der Waals surface area (Å²) in [6.45, 7) is 0. The summed E-state index contributed by atoms with van der Waals surface area (Å²) in [5, 5.41) is 0. The van der Waals surface area contributed by atoms with Gasteiger partial charge in [-0.05, 0) is 36.5 Å². The van der Waals surface area contributed by atoms with Crippen molar-refractivity contribution in [1.29, 1.82) is 0 Å². The van der Waals surface area contributed by atoms with Crippen LogP contribution in [0.2, 0.25) is 0 Å². The summed E-state index contributed by atoms with van der Waals surface area (Å²) in [7, 11) is 0. The number of hydrogen-bond donors (Lipinski definition) is 0. The highest BCUT2D eigenvalue weighted by Crippen LogP contribution is 2.44. The monoisotopic (exact) mass is 332 g/mol. The van der Waals surface area contributed by atoms with Crippen LogP contribution in [0, 0.1) is 23.7 Å². The molecule has 0 heterocycles. The summed E-state index contributed by atoms with van der Waals surface area (Å²) in [6.07, 6.45) is 30.9. The third kappa shape index (κ3) is 6.38. The van der Waals surface area contributed by atoms with Crippen molar-refractivity contribution >= 4 is 0 Å². The topological polar surface area (TPSA) is 0 Å². The van der Waals surface area contributed by atoms with Crippen LogP contribution in [0.5, 0.6) is 0 Å². The first-order chi connectivity index (χ1) is 11.9. The number of hydrogen-bond acceptors (Lipinski definition) is 0. The second-order valence-electron chi connectivity index (χ2n) is 9.69. The van der Waals surface area contributed by atoms with Crippen molar-refractivity contribution in [2.75, 3.05) is 0 Å². The van der Waals surface area contributed by atoms with E-state index in [1.165, 1.54) is 70.6 Å². The van der Waals surface area contributed by atoms with Gasteiger partial charge in [-0.2, -0.15) is 0 Å². The molecule has 0 N–H and O–H groups in total. The minimum atomic E-state index is 1.09. The fourth-order valence-electron chi connectivity index (χ4n) is 6.28. The maximum Gasteiger partial charge on any atom is -0.0383 e. The predicted molar refractivity (Wildman–Crippen MR) is 106 cm³/mol. The number of rotatable bonds is 7. The molecule has 0 radical (unpaired) electrons. The average molecular weight is 333 g/mol. The van der Waals surface area contributed by atoms with Crippen LogP contribution in [0.3, 0.4) is 0 Å². The van der Waals surface area contributed by atoms with Crippen molar-refractivity contribution in [2.45, 2.75) is 128 Å². The van der Waals surface area contributed by atoms with Crippen LogP contribution in [0.4, 0.5) is 0 Å². The van der Waals surface area contributed by atoms with Crippen molar-refractivity contribution in [3.8, 4) is 0 Å². The van der Waals surface area contributed by atoms with Crippen molar-refractivity contribution in [3.63, 3.8) is 0 Å². The van der Waals surface area contributed by atoms with Crippen LogP contribution in [0.25, 0.3) is 0 Å². The summed E-state index contributed by atoms with van der Waals surface area (Å²) in [5.74, 6) is 4.47. The van der Waals surface area contributed by atoms with Gasteiger partial charge in [-0.1, -0.05) is 116 Å². The number of unbranched alkanes of at least 4 members (excludes halogenated alkanes) is 3. The molecular weight excluding hydrogens is 288 g/mol. The first-order valence-corrected chi connectivity index (χ1v) is 11.9. The Balaban J connectivity index is 1.20. The average Bonchev–Trinajstić information content (AvgIpc) is 2.59. The van der Waals surface area contributed by atoms with E-state index in [1.54, 1.807) is 57.8 Å². The Morgan fingerprint density at radius 2 is 1.00 bits per heavy atom. The SMILES string of the molecule is C1CCCC(CCCCCCC2CCC3CCCCC3C2)CCC1. The summed E-state index contributed by atoms with van der Waals surface area (Å²) < 4.78 is 0. The quantitative estimate of drug-likeness (QED) is 0.411. The zero-order valence-electron chi connectivity index (χ0n) is 16.5. The molecule has 3 rings (SSSR count). The van der Waals surface area contributed by atoms with E-state index in [0.717, 1.165) is 23.7 Å². The van der Waals surface area contributed by atoms with Gasteiger partial charge >= 0.3 is 0 Å². The molecule has 0 aromatic carbocycles. The van der Waals surface area contributed by atoms with Crippen molar-refractivity contribution < 1.29 is 0 Å². The lowest BCUT2D eigenvalue weighted by Crippen LogP contribution is -2.27. The zero-order chi connectivity index (χ0) is 16.5. The van der Waals surface area contributed by atoms with Crippen LogP contribution < -0.4 is 0 Å². The van der Waals surface area contributed by atoms with Gasteiger partial charge in [-0.15, -0.1) is 0 Å². The van der Waals surface area contributed by atoms with E-state index in [-0.39, 0.29) is 0 Å². The fourth-order valence-corrected chi connectivity index (χ4v) is 6.28. The van der Waals surface area contributed by atoms with E-state index in [0.29, 0.717) is 0 Å². The highest BCUT2D eigenvalue weighted by Gasteiger charge is 2.31. The molecule has 3 fully saturated rings. The Morgan fingerprint density at radius 1 is 0.417 bits per heavy atom. The molecule has 24 heavy (non-hydrogen) atoms. The molecule has 0 heteroatoms. The summed E-state index contributed by atoms with van der Waals surface area (Å²) in [6, 6.07) is 0. The molecule has 0 saturated heterocycles. The van der Waals surface area contributed by atoms with Crippen LogP contribution in [-0.2, 0) is 0 Å². The van der Waals surface area contributed by atoms with Gasteiger partial charge in [0.25, 0.3) is 0 Å². The lowest BCUT2D eigenvalue weighted by Gasteiger charge is -2.39. The van der Waals surface area contributed by atoms with Crippen LogP contribution >= 0.6 is 0 Å².